The highest BCUT2D eigenvalue weighted by Gasteiger charge is 2.35. The van der Waals surface area contributed by atoms with E-state index >= 15 is 0 Å². The minimum absolute atomic E-state index is 0. The molecule has 0 aliphatic carbocycles. The van der Waals surface area contributed by atoms with Crippen LogP contribution in [0.5, 0.6) is 0 Å². The van der Waals surface area contributed by atoms with Crippen molar-refractivity contribution in [1.82, 2.24) is 4.90 Å². The number of rotatable bonds is 11. The smallest absolute Gasteiger partial charge is 0.451 e. The Labute approximate surface area is 156 Å². The van der Waals surface area contributed by atoms with Crippen molar-refractivity contribution < 1.29 is 24.7 Å². The Kier molecular flexibility index (Phi) is 14.3. The predicted octanol–water partition coefficient (Wildman–Crippen LogP) is 0.756. The van der Waals surface area contributed by atoms with E-state index in [1.807, 2.05) is 0 Å². The van der Waals surface area contributed by atoms with E-state index in [0.29, 0.717) is 44.9 Å². The van der Waals surface area contributed by atoms with E-state index in [4.69, 9.17) is 20.5 Å². The van der Waals surface area contributed by atoms with Crippen molar-refractivity contribution in [1.29, 1.82) is 0 Å². The summed E-state index contributed by atoms with van der Waals surface area (Å²) < 4.78 is 5.20. The monoisotopic (exact) mass is 388 g/mol. The number of likely N-dealkylation sites (tertiary alicyclic amines) is 1. The summed E-state index contributed by atoms with van der Waals surface area (Å²) in [7, 11) is 0.340. The molecule has 0 radical (unpaired) electrons. The predicted molar refractivity (Wildman–Crippen MR) is 99.0 cm³/mol. The first-order valence-corrected chi connectivity index (χ1v) is 8.00. The third kappa shape index (κ3) is 8.85. The molecule has 7 nitrogen and oxygen atoms in total. The molecule has 1 unspecified atom stereocenters. The number of carbonyl (C=O) groups is 1. The normalized spacial score (nSPS) is 19.9. The summed E-state index contributed by atoms with van der Waals surface area (Å²) in [6.45, 7) is 2.28. The molecule has 1 saturated heterocycles. The van der Waals surface area contributed by atoms with E-state index in [1.54, 1.807) is 7.11 Å². The number of hydrogen-bond acceptors (Lipinski definition) is 6. The van der Waals surface area contributed by atoms with Crippen molar-refractivity contribution in [3.8, 4) is 0 Å². The van der Waals surface area contributed by atoms with Gasteiger partial charge in [0.05, 0.1) is 6.61 Å². The van der Waals surface area contributed by atoms with E-state index < -0.39 is 18.6 Å². The van der Waals surface area contributed by atoms with Crippen molar-refractivity contribution in [2.24, 2.45) is 5.73 Å². The molecule has 1 rings (SSSR count). The highest BCUT2D eigenvalue weighted by atomic mass is 35.5. The zero-order chi connectivity index (χ0) is 16.6. The number of carboxylic acids is 1. The third-order valence-electron chi connectivity index (χ3n) is 4.46. The molecule has 2 atom stereocenters. The van der Waals surface area contributed by atoms with Crippen molar-refractivity contribution in [3.05, 3.63) is 0 Å². The van der Waals surface area contributed by atoms with E-state index in [1.165, 1.54) is 0 Å². The third-order valence-corrected chi connectivity index (χ3v) is 4.46. The van der Waals surface area contributed by atoms with Crippen LogP contribution in [-0.4, -0.2) is 71.5 Å². The summed E-state index contributed by atoms with van der Waals surface area (Å²) in [5, 5.41) is 27.0. The lowest BCUT2D eigenvalue weighted by Crippen LogP contribution is -2.50. The summed E-state index contributed by atoms with van der Waals surface area (Å²) in [6.07, 6.45) is 4.29. The summed E-state index contributed by atoms with van der Waals surface area (Å²) in [5.41, 5.74) is 4.82. The molecule has 1 aliphatic rings. The van der Waals surface area contributed by atoms with Gasteiger partial charge in [-0.3, -0.25) is 9.69 Å². The van der Waals surface area contributed by atoms with Gasteiger partial charge in [-0.2, -0.15) is 0 Å². The SMILES string of the molecule is COC[C@@H]1CCCN1CCC(N)(CCCCB(O)O)C(=O)O.Cl.Cl. The Balaban J connectivity index is 0. The Morgan fingerprint density at radius 1 is 1.33 bits per heavy atom. The molecule has 0 aromatic heterocycles. The van der Waals surface area contributed by atoms with E-state index in [0.717, 1.165) is 19.4 Å². The average molecular weight is 389 g/mol. The van der Waals surface area contributed by atoms with Gasteiger partial charge in [-0.25, -0.2) is 0 Å². The molecule has 0 bridgehead atoms. The fourth-order valence-electron chi connectivity index (χ4n) is 3.02. The molecular formula is C14H31BCl2N2O5. The Morgan fingerprint density at radius 2 is 2.00 bits per heavy atom. The molecule has 0 amide bonds. The quantitative estimate of drug-likeness (QED) is 0.305. The molecule has 1 fully saturated rings. The lowest BCUT2D eigenvalue weighted by atomic mass is 9.81. The van der Waals surface area contributed by atoms with E-state index in [2.05, 4.69) is 4.90 Å². The van der Waals surface area contributed by atoms with Gasteiger partial charge in [0.2, 0.25) is 0 Å². The lowest BCUT2D eigenvalue weighted by molar-refractivity contribution is -0.144. The molecule has 144 valence electrons. The van der Waals surface area contributed by atoms with Crippen LogP contribution in [0.2, 0.25) is 6.32 Å². The maximum Gasteiger partial charge on any atom is 0.451 e. The van der Waals surface area contributed by atoms with Crippen LogP contribution in [0.4, 0.5) is 0 Å². The first-order valence-electron chi connectivity index (χ1n) is 8.00. The van der Waals surface area contributed by atoms with Crippen LogP contribution in [0.15, 0.2) is 0 Å². The fourth-order valence-corrected chi connectivity index (χ4v) is 3.02. The molecule has 1 aliphatic heterocycles. The van der Waals surface area contributed by atoms with E-state index in [-0.39, 0.29) is 31.1 Å². The van der Waals surface area contributed by atoms with Crippen molar-refractivity contribution >= 4 is 37.9 Å². The fraction of sp³-hybridized carbons (Fsp3) is 0.929. The van der Waals surface area contributed by atoms with Gasteiger partial charge in [0.1, 0.15) is 5.54 Å². The molecule has 10 heteroatoms. The molecule has 0 spiro atoms. The summed E-state index contributed by atoms with van der Waals surface area (Å²) in [6, 6.07) is 0.354. The van der Waals surface area contributed by atoms with Gasteiger partial charge in [0, 0.05) is 19.7 Å². The molecular weight excluding hydrogens is 358 g/mol. The van der Waals surface area contributed by atoms with Crippen LogP contribution < -0.4 is 5.73 Å². The van der Waals surface area contributed by atoms with Crippen LogP contribution in [0.1, 0.15) is 38.5 Å². The van der Waals surface area contributed by atoms with Crippen molar-refractivity contribution in [3.63, 3.8) is 0 Å². The highest BCUT2D eigenvalue weighted by molar-refractivity contribution is 6.40. The maximum atomic E-state index is 11.5. The van der Waals surface area contributed by atoms with Crippen LogP contribution in [0.3, 0.4) is 0 Å². The molecule has 0 aromatic carbocycles. The number of unbranched alkanes of at least 4 members (excludes halogenated alkanes) is 1. The van der Waals surface area contributed by atoms with Gasteiger partial charge in [-0.15, -0.1) is 24.8 Å². The molecule has 5 N–H and O–H groups in total. The summed E-state index contributed by atoms with van der Waals surface area (Å²) in [5.74, 6) is -0.987. The van der Waals surface area contributed by atoms with Crippen LogP contribution >= 0.6 is 24.8 Å². The van der Waals surface area contributed by atoms with Gasteiger partial charge < -0.3 is 25.6 Å². The Morgan fingerprint density at radius 3 is 2.54 bits per heavy atom. The van der Waals surface area contributed by atoms with Gasteiger partial charge >= 0.3 is 13.1 Å². The van der Waals surface area contributed by atoms with Gasteiger partial charge in [0.15, 0.2) is 0 Å². The number of nitrogens with two attached hydrogens (primary N) is 1. The number of ether oxygens (including phenoxy) is 1. The molecule has 0 saturated carbocycles. The number of carboxylic acid groups (broad SMARTS) is 1. The minimum atomic E-state index is -1.34. The standard InChI is InChI=1S/C14H29BN2O5.2ClH/c1-22-11-12-5-4-9-17(12)10-7-14(16,13(18)19)6-2-3-8-15(20)21;;/h12,20-21H,2-11,16H2,1H3,(H,18,19);2*1H/t12-,14?;;/m0../s1. The number of methoxy groups -OCH3 is 1. The second-order valence-electron chi connectivity index (χ2n) is 6.23. The summed E-state index contributed by atoms with van der Waals surface area (Å²) >= 11 is 0. The first kappa shape index (κ1) is 26.1. The Hall–Kier alpha value is -0.0851. The number of halogens is 2. The Bertz CT molecular complexity index is 355. The van der Waals surface area contributed by atoms with Gasteiger partial charge in [-0.1, -0.05) is 12.8 Å². The van der Waals surface area contributed by atoms with Crippen molar-refractivity contribution in [2.75, 3.05) is 26.8 Å². The van der Waals surface area contributed by atoms with Gasteiger partial charge in [-0.05, 0) is 38.5 Å². The molecule has 0 aromatic rings. The van der Waals surface area contributed by atoms with Crippen LogP contribution in [0.25, 0.3) is 0 Å². The van der Waals surface area contributed by atoms with Gasteiger partial charge in [0.25, 0.3) is 0 Å². The molecule has 24 heavy (non-hydrogen) atoms. The second-order valence-corrected chi connectivity index (χ2v) is 6.23. The largest absolute Gasteiger partial charge is 0.480 e. The molecule has 1 heterocycles. The maximum absolute atomic E-state index is 11.5. The first-order chi connectivity index (χ1) is 10.4. The average Bonchev–Trinajstić information content (AvgIpc) is 2.89. The lowest BCUT2D eigenvalue weighted by Gasteiger charge is -2.30. The zero-order valence-electron chi connectivity index (χ0n) is 14.2. The van der Waals surface area contributed by atoms with Crippen LogP contribution in [-0.2, 0) is 9.53 Å². The van der Waals surface area contributed by atoms with Crippen molar-refractivity contribution in [2.45, 2.75) is 56.4 Å². The minimum Gasteiger partial charge on any atom is -0.480 e. The number of aliphatic carboxylic acids is 1. The topological polar surface area (TPSA) is 116 Å². The zero-order valence-corrected chi connectivity index (χ0v) is 15.9. The second kappa shape index (κ2) is 13.2. The van der Waals surface area contributed by atoms with E-state index in [9.17, 15) is 9.90 Å². The highest BCUT2D eigenvalue weighted by Crippen LogP contribution is 2.22. The number of nitrogens with zero attached hydrogens (tertiary/aromatic N) is 1. The number of hydrogen-bond donors (Lipinski definition) is 4. The summed E-state index contributed by atoms with van der Waals surface area (Å²) in [4.78, 5) is 13.7. The van der Waals surface area contributed by atoms with Crippen LogP contribution in [0, 0.1) is 0 Å².